The second-order valence-corrected chi connectivity index (χ2v) is 11.4. The molecule has 0 bridgehead atoms. The van der Waals surface area contributed by atoms with Gasteiger partial charge in [0.15, 0.2) is 5.78 Å². The van der Waals surface area contributed by atoms with E-state index >= 15 is 0 Å². The first-order valence-corrected chi connectivity index (χ1v) is 14.3. The number of hydrogen-bond acceptors (Lipinski definition) is 4. The number of halogens is 1. The highest BCUT2D eigenvalue weighted by Gasteiger charge is 2.41. The summed E-state index contributed by atoms with van der Waals surface area (Å²) in [6.45, 7) is 0. The van der Waals surface area contributed by atoms with Crippen molar-refractivity contribution in [3.63, 3.8) is 0 Å². The number of carbonyl (C=O) groups excluding carboxylic acids is 2. The minimum Gasteiger partial charge on any atom is -0.378 e. The van der Waals surface area contributed by atoms with Gasteiger partial charge in [0.1, 0.15) is 0 Å². The first-order valence-electron chi connectivity index (χ1n) is 13.9. The third kappa shape index (κ3) is 5.38. The molecule has 1 heterocycles. The number of nitrogens with one attached hydrogen (secondary N) is 1. The Morgan fingerprint density at radius 3 is 2.22 bits per heavy atom. The quantitative estimate of drug-likeness (QED) is 0.273. The molecule has 0 spiro atoms. The van der Waals surface area contributed by atoms with Gasteiger partial charge in [-0.15, -0.1) is 0 Å². The smallest absolute Gasteiger partial charge is 0.232 e. The molecule has 0 fully saturated rings. The van der Waals surface area contributed by atoms with Gasteiger partial charge in [-0.25, -0.2) is 0 Å². The van der Waals surface area contributed by atoms with Crippen molar-refractivity contribution < 1.29 is 9.59 Å². The summed E-state index contributed by atoms with van der Waals surface area (Å²) in [5, 5.41) is 4.28. The first kappa shape index (κ1) is 26.9. The zero-order chi connectivity index (χ0) is 28.5. The SMILES string of the molecule is CN(C)c1ccc([C@H]2C3=C(C[C@@H](c4ccc(Cl)cc4)CC3=O)Nc3ccccc3N2C(=O)Cc2ccccc2)cc1. The van der Waals surface area contributed by atoms with Crippen molar-refractivity contribution in [2.75, 3.05) is 29.2 Å². The van der Waals surface area contributed by atoms with Gasteiger partial charge in [-0.1, -0.05) is 78.3 Å². The standard InChI is InChI=1S/C35H32ClN3O2/c1-38(2)28-18-14-25(15-19-28)35-34-30(21-26(22-32(34)40)24-12-16-27(36)17-13-24)37-29-10-6-7-11-31(29)39(35)33(41)20-23-8-4-3-5-9-23/h3-19,26,35,37H,20-22H2,1-2H3/t26-,35+/m1/s1. The summed E-state index contributed by atoms with van der Waals surface area (Å²) in [7, 11) is 4.00. The maximum atomic E-state index is 14.3. The molecule has 2 aliphatic rings. The predicted molar refractivity (Wildman–Crippen MR) is 167 cm³/mol. The molecule has 0 saturated carbocycles. The molecule has 6 heteroatoms. The van der Waals surface area contributed by atoms with Crippen LogP contribution in [0.3, 0.4) is 0 Å². The van der Waals surface area contributed by atoms with Gasteiger partial charge in [0.25, 0.3) is 0 Å². The highest BCUT2D eigenvalue weighted by molar-refractivity contribution is 6.30. The van der Waals surface area contributed by atoms with E-state index in [-0.39, 0.29) is 24.0 Å². The van der Waals surface area contributed by atoms with Gasteiger partial charge < -0.3 is 10.2 Å². The summed E-state index contributed by atoms with van der Waals surface area (Å²) in [6.07, 6.45) is 1.25. The number of nitrogens with zero attached hydrogens (tertiary/aromatic N) is 2. The van der Waals surface area contributed by atoms with Crippen LogP contribution < -0.4 is 15.1 Å². The third-order valence-corrected chi connectivity index (χ3v) is 8.27. The number of benzene rings is 4. The number of amides is 1. The molecule has 5 nitrogen and oxygen atoms in total. The lowest BCUT2D eigenvalue weighted by Crippen LogP contribution is -2.39. The Kier molecular flexibility index (Phi) is 7.38. The molecule has 4 aromatic rings. The third-order valence-electron chi connectivity index (χ3n) is 8.02. The van der Waals surface area contributed by atoms with E-state index in [1.807, 2.05) is 127 Å². The van der Waals surface area contributed by atoms with Gasteiger partial charge >= 0.3 is 0 Å². The number of para-hydroxylation sites is 2. The van der Waals surface area contributed by atoms with Crippen molar-refractivity contribution in [2.45, 2.75) is 31.2 Å². The van der Waals surface area contributed by atoms with E-state index < -0.39 is 6.04 Å². The van der Waals surface area contributed by atoms with Crippen molar-refractivity contribution in [3.8, 4) is 0 Å². The minimum absolute atomic E-state index is 0.0153. The zero-order valence-electron chi connectivity index (χ0n) is 23.2. The van der Waals surface area contributed by atoms with Crippen LogP contribution in [0.2, 0.25) is 5.02 Å². The van der Waals surface area contributed by atoms with Crippen LogP contribution in [-0.4, -0.2) is 25.8 Å². The van der Waals surface area contributed by atoms with E-state index in [0.29, 0.717) is 23.4 Å². The van der Waals surface area contributed by atoms with Crippen LogP contribution in [-0.2, 0) is 16.0 Å². The van der Waals surface area contributed by atoms with E-state index in [9.17, 15) is 9.59 Å². The van der Waals surface area contributed by atoms with E-state index in [1.54, 1.807) is 0 Å². The molecule has 4 aromatic carbocycles. The lowest BCUT2D eigenvalue weighted by molar-refractivity contribution is -0.118. The van der Waals surface area contributed by atoms with Gasteiger partial charge in [0, 0.05) is 42.5 Å². The summed E-state index contributed by atoms with van der Waals surface area (Å²) < 4.78 is 0. The van der Waals surface area contributed by atoms with E-state index in [4.69, 9.17) is 11.6 Å². The number of rotatable bonds is 5. The Labute approximate surface area is 246 Å². The molecular weight excluding hydrogens is 530 g/mol. The maximum Gasteiger partial charge on any atom is 0.232 e. The van der Waals surface area contributed by atoms with Crippen LogP contribution in [0.1, 0.15) is 41.5 Å². The molecule has 0 radical (unpaired) electrons. The second kappa shape index (κ2) is 11.3. The van der Waals surface area contributed by atoms with Crippen LogP contribution in [0, 0.1) is 0 Å². The Morgan fingerprint density at radius 2 is 1.51 bits per heavy atom. The van der Waals surface area contributed by atoms with Gasteiger partial charge in [-0.3, -0.25) is 14.5 Å². The van der Waals surface area contributed by atoms with E-state index in [1.165, 1.54) is 0 Å². The lowest BCUT2D eigenvalue weighted by atomic mass is 9.78. The van der Waals surface area contributed by atoms with Crippen LogP contribution in [0.25, 0.3) is 0 Å². The molecule has 1 aliphatic carbocycles. The number of carbonyl (C=O) groups is 2. The van der Waals surface area contributed by atoms with E-state index in [2.05, 4.69) is 5.32 Å². The van der Waals surface area contributed by atoms with Crippen molar-refractivity contribution in [1.29, 1.82) is 0 Å². The Morgan fingerprint density at radius 1 is 0.854 bits per heavy atom. The number of allylic oxidation sites excluding steroid dienone is 1. The average Bonchev–Trinajstić information content (AvgIpc) is 3.13. The number of fused-ring (bicyclic) bond motifs is 1. The topological polar surface area (TPSA) is 52.7 Å². The molecule has 0 aromatic heterocycles. The van der Waals surface area contributed by atoms with Crippen molar-refractivity contribution >= 4 is 40.4 Å². The maximum absolute atomic E-state index is 14.3. The fourth-order valence-corrected chi connectivity index (χ4v) is 6.09. The Hall–Kier alpha value is -4.35. The number of Topliss-reactive ketones (excluding diaryl/α,β-unsaturated/α-hetero) is 1. The monoisotopic (exact) mass is 561 g/mol. The summed E-state index contributed by atoms with van der Waals surface area (Å²) in [5.41, 5.74) is 7.07. The fourth-order valence-electron chi connectivity index (χ4n) is 5.96. The average molecular weight is 562 g/mol. The molecule has 206 valence electrons. The molecule has 2 atom stereocenters. The van der Waals surface area contributed by atoms with Crippen LogP contribution >= 0.6 is 11.6 Å². The largest absolute Gasteiger partial charge is 0.378 e. The molecule has 41 heavy (non-hydrogen) atoms. The molecule has 0 unspecified atom stereocenters. The summed E-state index contributed by atoms with van der Waals surface area (Å²) in [6, 6.07) is 33.0. The zero-order valence-corrected chi connectivity index (χ0v) is 23.9. The molecule has 1 N–H and O–H groups in total. The van der Waals surface area contributed by atoms with Crippen molar-refractivity contribution in [3.05, 3.63) is 136 Å². The van der Waals surface area contributed by atoms with Crippen molar-refractivity contribution in [2.24, 2.45) is 0 Å². The minimum atomic E-state index is -0.563. The Balaban J connectivity index is 1.51. The molecule has 1 amide bonds. The van der Waals surface area contributed by atoms with Crippen LogP contribution in [0.15, 0.2) is 114 Å². The van der Waals surface area contributed by atoms with Gasteiger partial charge in [-0.05, 0) is 65.4 Å². The van der Waals surface area contributed by atoms with Crippen LogP contribution in [0.4, 0.5) is 17.1 Å². The first-order chi connectivity index (χ1) is 19.9. The van der Waals surface area contributed by atoms with Crippen LogP contribution in [0.5, 0.6) is 0 Å². The van der Waals surface area contributed by atoms with Gasteiger partial charge in [0.05, 0.1) is 23.8 Å². The molecule has 1 aliphatic heterocycles. The van der Waals surface area contributed by atoms with Gasteiger partial charge in [-0.2, -0.15) is 0 Å². The summed E-state index contributed by atoms with van der Waals surface area (Å²) >= 11 is 6.16. The number of ketones is 1. The van der Waals surface area contributed by atoms with Crippen molar-refractivity contribution in [1.82, 2.24) is 0 Å². The summed E-state index contributed by atoms with van der Waals surface area (Å²) in [5.74, 6) is 0.000676. The van der Waals surface area contributed by atoms with E-state index in [0.717, 1.165) is 39.4 Å². The number of hydrogen-bond donors (Lipinski definition) is 1. The summed E-state index contributed by atoms with van der Waals surface area (Å²) in [4.78, 5) is 32.4. The molecule has 6 rings (SSSR count). The number of anilines is 3. The Bertz CT molecular complexity index is 1610. The molecular formula is C35H32ClN3O2. The molecule has 0 saturated heterocycles. The lowest BCUT2D eigenvalue weighted by Gasteiger charge is -2.35. The fraction of sp³-hybridized carbons (Fsp3) is 0.200. The predicted octanol–water partition coefficient (Wildman–Crippen LogP) is 7.55. The van der Waals surface area contributed by atoms with Gasteiger partial charge in [0.2, 0.25) is 5.91 Å². The highest BCUT2D eigenvalue weighted by atomic mass is 35.5. The normalized spacial score (nSPS) is 18.2. The second-order valence-electron chi connectivity index (χ2n) is 10.9. The highest BCUT2D eigenvalue weighted by Crippen LogP contribution is 2.47.